The molecule has 4 atom stereocenters. The van der Waals surface area contributed by atoms with Crippen LogP contribution in [0.5, 0.6) is 0 Å². The maximum Gasteiger partial charge on any atom is 0.0544 e. The third-order valence-corrected chi connectivity index (χ3v) is 13.1. The number of allylic oxidation sites excluding steroid dienone is 1. The van der Waals surface area contributed by atoms with Gasteiger partial charge in [-0.2, -0.15) is 0 Å². The SMILES string of the molecule is CC1(c2ccccc2)c2c(ccc3c2c2ccccc2n3-c2ccc(-c3ccccc3)cc2)C(C)(c2ccccc2)C2c3c([nH]c4ccccc34)C=CC21. The number of aromatic nitrogens is 2. The van der Waals surface area contributed by atoms with Crippen LogP contribution in [0.3, 0.4) is 0 Å². The summed E-state index contributed by atoms with van der Waals surface area (Å²) < 4.78 is 2.49. The predicted molar refractivity (Wildman–Crippen MR) is 226 cm³/mol. The summed E-state index contributed by atoms with van der Waals surface area (Å²) >= 11 is 0. The van der Waals surface area contributed by atoms with Gasteiger partial charge in [0.05, 0.1) is 11.0 Å². The van der Waals surface area contributed by atoms with E-state index >= 15 is 0 Å². The van der Waals surface area contributed by atoms with E-state index in [9.17, 15) is 0 Å². The molecule has 0 saturated carbocycles. The molecule has 258 valence electrons. The highest BCUT2D eigenvalue weighted by molar-refractivity contribution is 6.12. The number of nitrogens with zero attached hydrogens (tertiary/aromatic N) is 1. The van der Waals surface area contributed by atoms with Gasteiger partial charge in [-0.25, -0.2) is 0 Å². The quantitative estimate of drug-likeness (QED) is 0.190. The van der Waals surface area contributed by atoms with E-state index in [4.69, 9.17) is 0 Å². The lowest BCUT2D eigenvalue weighted by Gasteiger charge is -2.56. The fourth-order valence-electron chi connectivity index (χ4n) is 10.6. The Morgan fingerprint density at radius 3 is 1.83 bits per heavy atom. The molecule has 0 bridgehead atoms. The number of aromatic amines is 1. The standard InChI is InChI=1S/C52H40N2/c1-51(36-18-8-4-9-19-36)42-31-33-46-48(40-23-13-15-25-45(40)54(46)38-28-26-35(27-29-38)34-16-6-3-7-17-34)50(42)52(2,37-20-10-5-11-21-37)41-30-32-44-47(49(41)51)39-22-12-14-24-43(39)53-44/h3-33,41,49,53H,1-2H3. The number of hydrogen-bond acceptors (Lipinski definition) is 0. The second-order valence-corrected chi connectivity index (χ2v) is 15.6. The minimum absolute atomic E-state index is 0.169. The lowest BCUT2D eigenvalue weighted by atomic mass is 9.45. The van der Waals surface area contributed by atoms with Crippen molar-refractivity contribution in [3.63, 3.8) is 0 Å². The molecular formula is C52H40N2. The molecule has 2 aliphatic rings. The van der Waals surface area contributed by atoms with Gasteiger partial charge in [0, 0.05) is 49.8 Å². The average Bonchev–Trinajstić information content (AvgIpc) is 3.79. The second-order valence-electron chi connectivity index (χ2n) is 15.6. The van der Waals surface area contributed by atoms with Crippen molar-refractivity contribution < 1.29 is 0 Å². The van der Waals surface area contributed by atoms with E-state index in [1.54, 1.807) is 0 Å². The summed E-state index contributed by atoms with van der Waals surface area (Å²) in [4.78, 5) is 3.83. The zero-order valence-corrected chi connectivity index (χ0v) is 30.5. The number of para-hydroxylation sites is 2. The summed E-state index contributed by atoms with van der Waals surface area (Å²) in [6.07, 6.45) is 4.92. The first-order chi connectivity index (χ1) is 26.6. The third-order valence-electron chi connectivity index (χ3n) is 13.1. The molecule has 2 heterocycles. The Labute approximate surface area is 316 Å². The molecule has 0 radical (unpaired) electrons. The van der Waals surface area contributed by atoms with E-state index in [1.807, 2.05) is 0 Å². The molecule has 0 saturated heterocycles. The first-order valence-corrected chi connectivity index (χ1v) is 19.2. The van der Waals surface area contributed by atoms with E-state index < -0.39 is 0 Å². The molecule has 2 aliphatic carbocycles. The van der Waals surface area contributed by atoms with Gasteiger partial charge in [0.2, 0.25) is 0 Å². The van der Waals surface area contributed by atoms with Crippen LogP contribution in [-0.2, 0) is 10.8 Å². The lowest BCUT2D eigenvalue weighted by Crippen LogP contribution is -2.51. The number of benzene rings is 7. The van der Waals surface area contributed by atoms with E-state index in [2.05, 4.69) is 211 Å². The average molecular weight is 693 g/mol. The Morgan fingerprint density at radius 1 is 0.519 bits per heavy atom. The molecule has 1 N–H and O–H groups in total. The first kappa shape index (κ1) is 31.2. The van der Waals surface area contributed by atoms with Crippen LogP contribution in [0, 0.1) is 5.92 Å². The molecule has 11 rings (SSSR count). The molecule has 0 spiro atoms. The smallest absolute Gasteiger partial charge is 0.0544 e. The fraction of sp³-hybridized carbons (Fsp3) is 0.115. The molecule has 54 heavy (non-hydrogen) atoms. The molecule has 9 aromatic rings. The minimum atomic E-state index is -0.353. The van der Waals surface area contributed by atoms with Crippen molar-refractivity contribution in [2.75, 3.05) is 0 Å². The highest BCUT2D eigenvalue weighted by Gasteiger charge is 2.58. The van der Waals surface area contributed by atoms with Gasteiger partial charge in [0.15, 0.2) is 0 Å². The fourth-order valence-corrected chi connectivity index (χ4v) is 10.6. The molecule has 7 aromatic carbocycles. The van der Waals surface area contributed by atoms with Crippen molar-refractivity contribution >= 4 is 38.8 Å². The van der Waals surface area contributed by atoms with Crippen molar-refractivity contribution in [2.45, 2.75) is 30.6 Å². The molecule has 2 aromatic heterocycles. The molecule has 0 aliphatic heterocycles. The molecule has 0 amide bonds. The molecule has 2 nitrogen and oxygen atoms in total. The monoisotopic (exact) mass is 692 g/mol. The zero-order chi connectivity index (χ0) is 36.0. The molecule has 0 fully saturated rings. The van der Waals surface area contributed by atoms with Crippen molar-refractivity contribution in [3.8, 4) is 16.8 Å². The van der Waals surface area contributed by atoms with Gasteiger partial charge in [-0.1, -0.05) is 166 Å². The van der Waals surface area contributed by atoms with Crippen molar-refractivity contribution in [1.29, 1.82) is 0 Å². The predicted octanol–water partition coefficient (Wildman–Crippen LogP) is 13.0. The summed E-state index contributed by atoms with van der Waals surface area (Å²) in [5.41, 5.74) is 14.8. The van der Waals surface area contributed by atoms with Crippen LogP contribution in [0.1, 0.15) is 53.3 Å². The summed E-state index contributed by atoms with van der Waals surface area (Å²) in [6.45, 7) is 5.06. The maximum atomic E-state index is 3.83. The van der Waals surface area contributed by atoms with E-state index in [0.717, 1.165) is 0 Å². The number of hydrogen-bond donors (Lipinski definition) is 1. The van der Waals surface area contributed by atoms with Crippen LogP contribution in [-0.4, -0.2) is 9.55 Å². The zero-order valence-electron chi connectivity index (χ0n) is 30.5. The summed E-state index contributed by atoms with van der Waals surface area (Å²) in [5, 5.41) is 3.96. The Morgan fingerprint density at radius 2 is 1.11 bits per heavy atom. The van der Waals surface area contributed by atoms with Gasteiger partial charge in [0.1, 0.15) is 0 Å². The van der Waals surface area contributed by atoms with Crippen molar-refractivity contribution in [2.24, 2.45) is 5.92 Å². The summed E-state index contributed by atoms with van der Waals surface area (Å²) in [5.74, 6) is 0.340. The summed E-state index contributed by atoms with van der Waals surface area (Å²) in [6, 6.07) is 65.3. The van der Waals surface area contributed by atoms with Crippen LogP contribution in [0.2, 0.25) is 0 Å². The topological polar surface area (TPSA) is 20.7 Å². The molecule has 2 heteroatoms. The number of fused-ring (bicyclic) bond motifs is 10. The Balaban J connectivity index is 1.27. The van der Waals surface area contributed by atoms with Crippen LogP contribution in [0.25, 0.3) is 55.6 Å². The van der Waals surface area contributed by atoms with E-state index in [-0.39, 0.29) is 22.7 Å². The Bertz CT molecular complexity index is 2900. The van der Waals surface area contributed by atoms with Gasteiger partial charge >= 0.3 is 0 Å². The Hall–Kier alpha value is -6.38. The summed E-state index contributed by atoms with van der Waals surface area (Å²) in [7, 11) is 0. The van der Waals surface area contributed by atoms with Crippen molar-refractivity contribution in [1.82, 2.24) is 9.55 Å². The van der Waals surface area contributed by atoms with Crippen LogP contribution in [0.15, 0.2) is 182 Å². The third kappa shape index (κ3) is 4.17. The van der Waals surface area contributed by atoms with E-state index in [1.165, 1.54) is 83.0 Å². The highest BCUT2D eigenvalue weighted by atomic mass is 15.0. The van der Waals surface area contributed by atoms with Gasteiger partial charge in [-0.15, -0.1) is 0 Å². The van der Waals surface area contributed by atoms with E-state index in [0.29, 0.717) is 0 Å². The Kier molecular flexibility index (Phi) is 6.67. The van der Waals surface area contributed by atoms with Crippen LogP contribution in [0.4, 0.5) is 0 Å². The maximum absolute atomic E-state index is 3.83. The van der Waals surface area contributed by atoms with Crippen molar-refractivity contribution in [3.05, 3.63) is 216 Å². The number of H-pyrrole nitrogens is 1. The van der Waals surface area contributed by atoms with Gasteiger partial charge in [0.25, 0.3) is 0 Å². The second kappa shape index (κ2) is 11.6. The van der Waals surface area contributed by atoms with Gasteiger partial charge in [-0.3, -0.25) is 0 Å². The lowest BCUT2D eigenvalue weighted by molar-refractivity contribution is 0.245. The normalized spacial score (nSPS) is 21.6. The van der Waals surface area contributed by atoms with Crippen LogP contribution < -0.4 is 0 Å². The first-order valence-electron chi connectivity index (χ1n) is 19.2. The van der Waals surface area contributed by atoms with Gasteiger partial charge < -0.3 is 9.55 Å². The highest BCUT2D eigenvalue weighted by Crippen LogP contribution is 2.65. The van der Waals surface area contributed by atoms with Gasteiger partial charge in [-0.05, 0) is 81.3 Å². The minimum Gasteiger partial charge on any atom is -0.355 e. The molecule has 4 unspecified atom stereocenters. The number of rotatable bonds is 4. The number of nitrogens with one attached hydrogen (secondary N) is 1. The largest absolute Gasteiger partial charge is 0.355 e. The van der Waals surface area contributed by atoms with Crippen LogP contribution >= 0.6 is 0 Å². The molecular weight excluding hydrogens is 653 g/mol.